The summed E-state index contributed by atoms with van der Waals surface area (Å²) in [6, 6.07) is 8.60. The van der Waals surface area contributed by atoms with Crippen LogP contribution in [-0.4, -0.2) is 4.57 Å². The van der Waals surface area contributed by atoms with Gasteiger partial charge in [0.2, 0.25) is 0 Å². The average molecular weight is 308 g/mol. The molecule has 1 nitrogen and oxygen atoms in total. The summed E-state index contributed by atoms with van der Waals surface area (Å²) in [7, 11) is 0. The lowest BCUT2D eigenvalue weighted by Gasteiger charge is -2.05. The number of benzene rings is 1. The lowest BCUT2D eigenvalue weighted by molar-refractivity contribution is 0.565. The minimum atomic E-state index is 1.14. The normalized spacial score (nSPS) is 11.2. The largest absolute Gasteiger partial charge is 0.346 e. The molecule has 0 spiro atoms. The van der Waals surface area contributed by atoms with Gasteiger partial charge in [-0.05, 0) is 28.4 Å². The third kappa shape index (κ3) is 3.38. The van der Waals surface area contributed by atoms with Crippen LogP contribution in [0.4, 0.5) is 0 Å². The predicted octanol–water partition coefficient (Wildman–Crippen LogP) is 5.76. The van der Waals surface area contributed by atoms with Crippen molar-refractivity contribution in [1.29, 1.82) is 0 Å². The zero-order valence-corrected chi connectivity index (χ0v) is 12.7. The second-order valence-corrected chi connectivity index (χ2v) is 5.81. The third-order valence-corrected chi connectivity index (χ3v) is 4.12. The van der Waals surface area contributed by atoms with Gasteiger partial charge in [-0.1, -0.05) is 57.2 Å². The third-order valence-electron chi connectivity index (χ3n) is 3.49. The Morgan fingerprint density at radius 2 is 1.72 bits per heavy atom. The van der Waals surface area contributed by atoms with E-state index in [1.807, 2.05) is 0 Å². The van der Waals surface area contributed by atoms with Gasteiger partial charge in [0.05, 0.1) is 0 Å². The highest BCUT2D eigenvalue weighted by Gasteiger charge is 2.04. The van der Waals surface area contributed by atoms with Gasteiger partial charge in [-0.15, -0.1) is 0 Å². The van der Waals surface area contributed by atoms with Crippen LogP contribution >= 0.6 is 15.9 Å². The number of fused-ring (bicyclic) bond motifs is 1. The first-order chi connectivity index (χ1) is 8.83. The first-order valence-electron chi connectivity index (χ1n) is 7.06. The Hall–Kier alpha value is -0.760. The van der Waals surface area contributed by atoms with Gasteiger partial charge in [-0.2, -0.15) is 0 Å². The minimum absolute atomic E-state index is 1.14. The number of halogens is 1. The molecular weight excluding hydrogens is 286 g/mol. The Morgan fingerprint density at radius 3 is 2.56 bits per heavy atom. The van der Waals surface area contributed by atoms with Gasteiger partial charge >= 0.3 is 0 Å². The molecule has 0 aliphatic rings. The number of aromatic nitrogens is 1. The molecule has 0 saturated heterocycles. The Balaban J connectivity index is 1.88. The van der Waals surface area contributed by atoms with Crippen molar-refractivity contribution in [3.05, 3.63) is 34.9 Å². The van der Waals surface area contributed by atoms with Gasteiger partial charge in [0.15, 0.2) is 0 Å². The second kappa shape index (κ2) is 6.98. The molecule has 0 fully saturated rings. The molecule has 0 radical (unpaired) electrons. The van der Waals surface area contributed by atoms with Crippen LogP contribution in [0, 0.1) is 0 Å². The topological polar surface area (TPSA) is 4.93 Å². The van der Waals surface area contributed by atoms with Crippen LogP contribution < -0.4 is 0 Å². The van der Waals surface area contributed by atoms with Gasteiger partial charge < -0.3 is 4.57 Å². The highest BCUT2D eigenvalue weighted by atomic mass is 79.9. The Bertz CT molecular complexity index is 487. The number of hydrogen-bond donors (Lipinski definition) is 0. The van der Waals surface area contributed by atoms with E-state index < -0.39 is 0 Å². The summed E-state index contributed by atoms with van der Waals surface area (Å²) < 4.78 is 3.59. The summed E-state index contributed by atoms with van der Waals surface area (Å²) in [6.07, 6.45) is 10.4. The fraction of sp³-hybridized carbons (Fsp3) is 0.500. The monoisotopic (exact) mass is 307 g/mol. The van der Waals surface area contributed by atoms with Crippen molar-refractivity contribution >= 4 is 26.8 Å². The predicted molar refractivity (Wildman–Crippen MR) is 83.0 cm³/mol. The summed E-state index contributed by atoms with van der Waals surface area (Å²) in [5, 5.41) is 1.32. The Labute approximate surface area is 118 Å². The van der Waals surface area contributed by atoms with E-state index in [0.717, 1.165) is 6.54 Å². The molecule has 0 N–H and O–H groups in total. The zero-order chi connectivity index (χ0) is 12.8. The first kappa shape index (κ1) is 13.7. The minimum Gasteiger partial charge on any atom is -0.346 e. The number of rotatable bonds is 7. The lowest BCUT2D eigenvalue weighted by atomic mass is 10.1. The van der Waals surface area contributed by atoms with Crippen LogP contribution in [-0.2, 0) is 6.54 Å². The Kier molecular flexibility index (Phi) is 5.30. The van der Waals surface area contributed by atoms with E-state index in [9.17, 15) is 0 Å². The van der Waals surface area contributed by atoms with Crippen LogP contribution in [0.2, 0.25) is 0 Å². The van der Waals surface area contributed by atoms with Crippen LogP contribution in [0.15, 0.2) is 34.9 Å². The van der Waals surface area contributed by atoms with Crippen molar-refractivity contribution < 1.29 is 0 Å². The van der Waals surface area contributed by atoms with E-state index in [4.69, 9.17) is 0 Å². The van der Waals surface area contributed by atoms with Crippen molar-refractivity contribution in [2.75, 3.05) is 0 Å². The van der Waals surface area contributed by atoms with E-state index in [1.165, 1.54) is 53.9 Å². The molecule has 1 aromatic heterocycles. The number of nitrogens with zero attached hydrogens (tertiary/aromatic N) is 1. The van der Waals surface area contributed by atoms with Gasteiger partial charge in [0, 0.05) is 28.1 Å². The molecule has 0 unspecified atom stereocenters. The quantitative estimate of drug-likeness (QED) is 0.573. The van der Waals surface area contributed by atoms with E-state index >= 15 is 0 Å². The highest BCUT2D eigenvalue weighted by Crippen LogP contribution is 2.26. The molecule has 0 aliphatic heterocycles. The fourth-order valence-electron chi connectivity index (χ4n) is 2.45. The van der Waals surface area contributed by atoms with E-state index in [0.29, 0.717) is 0 Å². The molecule has 1 aromatic carbocycles. The number of aryl methyl sites for hydroxylation is 1. The Morgan fingerprint density at radius 1 is 1.00 bits per heavy atom. The van der Waals surface area contributed by atoms with Crippen molar-refractivity contribution in [1.82, 2.24) is 4.57 Å². The number of para-hydroxylation sites is 1. The highest BCUT2D eigenvalue weighted by molar-refractivity contribution is 9.10. The van der Waals surface area contributed by atoms with Crippen LogP contribution in [0.3, 0.4) is 0 Å². The molecule has 1 heterocycles. The lowest BCUT2D eigenvalue weighted by Crippen LogP contribution is -1.95. The smallest absolute Gasteiger partial charge is 0.0492 e. The molecule has 2 heteroatoms. The molecule has 2 rings (SSSR count). The SMILES string of the molecule is CCCCCCCCn1cc(Br)c2ccccc21. The summed E-state index contributed by atoms with van der Waals surface area (Å²) in [5.41, 5.74) is 1.35. The summed E-state index contributed by atoms with van der Waals surface area (Å²) in [4.78, 5) is 0. The van der Waals surface area contributed by atoms with Crippen LogP contribution in [0.25, 0.3) is 10.9 Å². The number of hydrogen-bond acceptors (Lipinski definition) is 0. The van der Waals surface area contributed by atoms with Crippen molar-refractivity contribution in [3.8, 4) is 0 Å². The molecule has 0 atom stereocenters. The molecular formula is C16H22BrN. The zero-order valence-electron chi connectivity index (χ0n) is 11.2. The summed E-state index contributed by atoms with van der Waals surface area (Å²) in [5.74, 6) is 0. The van der Waals surface area contributed by atoms with Crippen LogP contribution in [0.5, 0.6) is 0 Å². The van der Waals surface area contributed by atoms with E-state index in [-0.39, 0.29) is 0 Å². The van der Waals surface area contributed by atoms with Gasteiger partial charge in [-0.3, -0.25) is 0 Å². The summed E-state index contributed by atoms with van der Waals surface area (Å²) >= 11 is 3.64. The molecule has 0 bridgehead atoms. The maximum absolute atomic E-state index is 3.64. The van der Waals surface area contributed by atoms with E-state index in [2.05, 4.69) is 57.9 Å². The van der Waals surface area contributed by atoms with Gasteiger partial charge in [-0.25, -0.2) is 0 Å². The van der Waals surface area contributed by atoms with E-state index in [1.54, 1.807) is 0 Å². The second-order valence-electron chi connectivity index (χ2n) is 4.96. The standard InChI is InChI=1S/C16H22BrN/c1-2-3-4-5-6-9-12-18-13-15(17)14-10-7-8-11-16(14)18/h7-8,10-11,13H,2-6,9,12H2,1H3. The maximum Gasteiger partial charge on any atom is 0.0492 e. The molecule has 98 valence electrons. The van der Waals surface area contributed by atoms with Crippen LogP contribution in [0.1, 0.15) is 45.4 Å². The fourth-order valence-corrected chi connectivity index (χ4v) is 3.03. The molecule has 0 aliphatic carbocycles. The molecule has 2 aromatic rings. The molecule has 0 amide bonds. The number of unbranched alkanes of at least 4 members (excludes halogenated alkanes) is 5. The van der Waals surface area contributed by atoms with Gasteiger partial charge in [0.25, 0.3) is 0 Å². The van der Waals surface area contributed by atoms with Crippen molar-refractivity contribution in [2.45, 2.75) is 52.0 Å². The molecule has 0 saturated carbocycles. The maximum atomic E-state index is 3.64. The summed E-state index contributed by atoms with van der Waals surface area (Å²) in [6.45, 7) is 3.40. The van der Waals surface area contributed by atoms with Crippen molar-refractivity contribution in [2.24, 2.45) is 0 Å². The van der Waals surface area contributed by atoms with Gasteiger partial charge in [0.1, 0.15) is 0 Å². The first-order valence-corrected chi connectivity index (χ1v) is 7.85. The average Bonchev–Trinajstić information content (AvgIpc) is 2.71. The molecule has 18 heavy (non-hydrogen) atoms. The van der Waals surface area contributed by atoms with Crippen molar-refractivity contribution in [3.63, 3.8) is 0 Å².